The maximum atomic E-state index is 5.96. The van der Waals surface area contributed by atoms with E-state index in [1.807, 2.05) is 0 Å². The fourth-order valence-corrected chi connectivity index (χ4v) is 3.86. The van der Waals surface area contributed by atoms with Crippen molar-refractivity contribution < 1.29 is 18.9 Å². The highest BCUT2D eigenvalue weighted by Gasteiger charge is 2.15. The van der Waals surface area contributed by atoms with Gasteiger partial charge in [-0.1, -0.05) is 0 Å². The van der Waals surface area contributed by atoms with Gasteiger partial charge in [0.25, 0.3) is 0 Å². The van der Waals surface area contributed by atoms with E-state index in [2.05, 4.69) is 19.6 Å². The van der Waals surface area contributed by atoms with Crippen LogP contribution in [0.15, 0.2) is 0 Å². The molecule has 0 atom stereocenters. The molecule has 0 aromatic rings. The highest BCUT2D eigenvalue weighted by atomic mass is 16.5. The largest absolute Gasteiger partial charge is 0.379 e. The first-order chi connectivity index (χ1) is 13.9. The van der Waals surface area contributed by atoms with Gasteiger partial charge in [0.05, 0.1) is 52.9 Å². The van der Waals surface area contributed by atoms with Gasteiger partial charge >= 0.3 is 0 Å². The molecule has 6 aliphatic rings. The Morgan fingerprint density at radius 2 is 0.429 bits per heavy atom. The van der Waals surface area contributed by atoms with E-state index in [0.29, 0.717) is 0 Å². The minimum absolute atomic E-state index is 0.798. The van der Waals surface area contributed by atoms with Crippen molar-refractivity contribution in [3.63, 3.8) is 0 Å². The Bertz CT molecular complexity index is 308. The van der Waals surface area contributed by atoms with Crippen molar-refractivity contribution in [2.45, 2.75) is 0 Å². The van der Waals surface area contributed by atoms with Crippen LogP contribution >= 0.6 is 0 Å². The summed E-state index contributed by atoms with van der Waals surface area (Å²) in [6, 6.07) is 0. The molecule has 0 radical (unpaired) electrons. The molecular formula is C20H40N4O4. The molecule has 164 valence electrons. The molecule has 4 bridgehead atoms. The lowest BCUT2D eigenvalue weighted by Crippen LogP contribution is -2.44. The summed E-state index contributed by atoms with van der Waals surface area (Å²) in [4.78, 5) is 9.88. The zero-order chi connectivity index (χ0) is 19.3. The molecule has 0 amide bonds. The second-order valence-corrected chi connectivity index (χ2v) is 7.82. The van der Waals surface area contributed by atoms with Crippen LogP contribution in [-0.4, -0.2) is 151 Å². The van der Waals surface area contributed by atoms with E-state index in [-0.39, 0.29) is 0 Å². The fraction of sp³-hybridized carbons (Fsp3) is 1.00. The summed E-state index contributed by atoms with van der Waals surface area (Å²) in [6.45, 7) is 18.3. The van der Waals surface area contributed by atoms with E-state index >= 15 is 0 Å². The van der Waals surface area contributed by atoms with Crippen molar-refractivity contribution in [2.75, 3.05) is 131 Å². The molecule has 6 saturated heterocycles. The molecule has 28 heavy (non-hydrogen) atoms. The predicted octanol–water partition coefficient (Wildman–Crippen LogP) is -0.698. The molecule has 0 N–H and O–H groups in total. The molecular weight excluding hydrogens is 360 g/mol. The van der Waals surface area contributed by atoms with Crippen LogP contribution in [-0.2, 0) is 18.9 Å². The Morgan fingerprint density at radius 1 is 0.250 bits per heavy atom. The number of nitrogens with zero attached hydrogens (tertiary/aromatic N) is 4. The van der Waals surface area contributed by atoms with Crippen molar-refractivity contribution in [1.82, 2.24) is 19.6 Å². The molecule has 0 saturated carbocycles. The topological polar surface area (TPSA) is 49.9 Å². The smallest absolute Gasteiger partial charge is 0.0594 e. The first-order valence-electron chi connectivity index (χ1n) is 11.1. The molecule has 0 spiro atoms. The first kappa shape index (κ1) is 22.4. The Morgan fingerprint density at radius 3 is 0.607 bits per heavy atom. The van der Waals surface area contributed by atoms with E-state index in [9.17, 15) is 0 Å². The highest BCUT2D eigenvalue weighted by Crippen LogP contribution is 2.01. The molecule has 8 heteroatoms. The van der Waals surface area contributed by atoms with E-state index < -0.39 is 0 Å². The lowest BCUT2D eigenvalue weighted by Gasteiger charge is -2.31. The van der Waals surface area contributed by atoms with Gasteiger partial charge < -0.3 is 18.9 Å². The zero-order valence-electron chi connectivity index (χ0n) is 17.6. The predicted molar refractivity (Wildman–Crippen MR) is 109 cm³/mol. The molecule has 0 aromatic carbocycles. The van der Waals surface area contributed by atoms with Gasteiger partial charge in [0.2, 0.25) is 0 Å². The quantitative estimate of drug-likeness (QED) is 0.529. The normalized spacial score (nSPS) is 36.0. The van der Waals surface area contributed by atoms with Crippen LogP contribution < -0.4 is 0 Å². The first-order valence-corrected chi connectivity index (χ1v) is 11.1. The van der Waals surface area contributed by atoms with Gasteiger partial charge in [-0.15, -0.1) is 0 Å². The molecule has 0 aliphatic carbocycles. The maximum Gasteiger partial charge on any atom is 0.0594 e. The van der Waals surface area contributed by atoms with Crippen LogP contribution in [0.5, 0.6) is 0 Å². The van der Waals surface area contributed by atoms with Crippen LogP contribution in [0, 0.1) is 0 Å². The van der Waals surface area contributed by atoms with Crippen LogP contribution in [0.1, 0.15) is 0 Å². The molecule has 0 aromatic heterocycles. The molecule has 6 rings (SSSR count). The number of hydrogen-bond donors (Lipinski definition) is 0. The van der Waals surface area contributed by atoms with Crippen LogP contribution in [0.2, 0.25) is 0 Å². The lowest BCUT2D eigenvalue weighted by molar-refractivity contribution is 0.0136. The average Bonchev–Trinajstić information content (AvgIpc) is 2.68. The summed E-state index contributed by atoms with van der Waals surface area (Å²) in [6.07, 6.45) is 0. The van der Waals surface area contributed by atoms with E-state index in [0.717, 1.165) is 131 Å². The Balaban J connectivity index is 1.67. The minimum atomic E-state index is 0.798. The second kappa shape index (κ2) is 13.8. The van der Waals surface area contributed by atoms with Crippen LogP contribution in [0.25, 0.3) is 0 Å². The second-order valence-electron chi connectivity index (χ2n) is 7.82. The third kappa shape index (κ3) is 9.00. The Kier molecular flexibility index (Phi) is 11.0. The van der Waals surface area contributed by atoms with Gasteiger partial charge in [-0.3, -0.25) is 19.6 Å². The molecule has 6 aliphatic heterocycles. The van der Waals surface area contributed by atoms with Gasteiger partial charge in [0, 0.05) is 78.5 Å². The third-order valence-electron chi connectivity index (χ3n) is 5.88. The molecule has 8 nitrogen and oxygen atoms in total. The van der Waals surface area contributed by atoms with Crippen molar-refractivity contribution >= 4 is 0 Å². The maximum absolute atomic E-state index is 5.96. The van der Waals surface area contributed by atoms with Gasteiger partial charge in [-0.25, -0.2) is 0 Å². The van der Waals surface area contributed by atoms with Crippen molar-refractivity contribution in [3.8, 4) is 0 Å². The summed E-state index contributed by atoms with van der Waals surface area (Å²) < 4.78 is 23.8. The Hall–Kier alpha value is -0.320. The standard InChI is InChI=1S/C20H40N4O4/c1-2-22-7-15-27-19-11-24(12-20-28-16-8-22)4-3-23-9-17-25-13-5-21(1)6-14-26-18-10-23/h1-20H2. The number of hydrogen-bond acceptors (Lipinski definition) is 8. The van der Waals surface area contributed by atoms with Crippen LogP contribution in [0.4, 0.5) is 0 Å². The SMILES string of the molecule is C1CN2CCOCCN(CCO1)CCN1CCOCCN(CCOCC1)CC2. The molecule has 6 heterocycles. The minimum Gasteiger partial charge on any atom is -0.379 e. The zero-order valence-corrected chi connectivity index (χ0v) is 17.6. The van der Waals surface area contributed by atoms with Crippen molar-refractivity contribution in [3.05, 3.63) is 0 Å². The van der Waals surface area contributed by atoms with Gasteiger partial charge in [0.1, 0.15) is 0 Å². The summed E-state index contributed by atoms with van der Waals surface area (Å²) in [5.74, 6) is 0. The summed E-state index contributed by atoms with van der Waals surface area (Å²) >= 11 is 0. The number of ether oxygens (including phenoxy) is 4. The average molecular weight is 401 g/mol. The van der Waals surface area contributed by atoms with Crippen LogP contribution in [0.3, 0.4) is 0 Å². The lowest BCUT2D eigenvalue weighted by atomic mass is 10.3. The van der Waals surface area contributed by atoms with Crippen molar-refractivity contribution in [1.29, 1.82) is 0 Å². The molecule has 0 unspecified atom stereocenters. The van der Waals surface area contributed by atoms with E-state index in [4.69, 9.17) is 18.9 Å². The highest BCUT2D eigenvalue weighted by molar-refractivity contribution is 4.68. The van der Waals surface area contributed by atoms with E-state index in [1.54, 1.807) is 0 Å². The number of rotatable bonds is 0. The fourth-order valence-electron chi connectivity index (χ4n) is 3.86. The third-order valence-corrected chi connectivity index (χ3v) is 5.88. The van der Waals surface area contributed by atoms with Gasteiger partial charge in [-0.2, -0.15) is 0 Å². The summed E-state index contributed by atoms with van der Waals surface area (Å²) in [5.41, 5.74) is 0. The van der Waals surface area contributed by atoms with Gasteiger partial charge in [0.15, 0.2) is 0 Å². The molecule has 6 fully saturated rings. The monoisotopic (exact) mass is 400 g/mol. The van der Waals surface area contributed by atoms with Crippen molar-refractivity contribution in [2.24, 2.45) is 0 Å². The summed E-state index contributed by atoms with van der Waals surface area (Å²) in [5, 5.41) is 0. The van der Waals surface area contributed by atoms with Gasteiger partial charge in [-0.05, 0) is 0 Å². The summed E-state index contributed by atoms with van der Waals surface area (Å²) in [7, 11) is 0. The Labute approximate surface area is 170 Å². The van der Waals surface area contributed by atoms with E-state index in [1.165, 1.54) is 0 Å².